The molecule has 0 saturated heterocycles. The van der Waals surface area contributed by atoms with Gasteiger partial charge in [-0.05, 0) is 54.9 Å². The highest BCUT2D eigenvalue weighted by Crippen LogP contribution is 2.22. The molecule has 0 saturated carbocycles. The normalized spacial score (nSPS) is 13.5. The molecule has 1 aliphatic rings. The summed E-state index contributed by atoms with van der Waals surface area (Å²) in [7, 11) is 0. The van der Waals surface area contributed by atoms with Crippen molar-refractivity contribution in [3.63, 3.8) is 0 Å². The van der Waals surface area contributed by atoms with Crippen LogP contribution in [0.25, 0.3) is 0 Å². The maximum atomic E-state index is 11.9. The smallest absolute Gasteiger partial charge is 0.271 e. The molecule has 5 nitrogen and oxygen atoms in total. The molecular weight excluding hydrogens is 278 g/mol. The van der Waals surface area contributed by atoms with Crippen LogP contribution >= 0.6 is 0 Å². The summed E-state index contributed by atoms with van der Waals surface area (Å²) in [6.45, 7) is 0.554. The average molecular weight is 297 g/mol. The van der Waals surface area contributed by atoms with Crippen LogP contribution in [0.1, 0.15) is 40.0 Å². The van der Waals surface area contributed by atoms with Crippen molar-refractivity contribution in [1.82, 2.24) is 15.5 Å². The van der Waals surface area contributed by atoms with Gasteiger partial charge in [-0.2, -0.15) is 5.10 Å². The van der Waals surface area contributed by atoms with Gasteiger partial charge in [0.25, 0.3) is 11.5 Å². The molecule has 114 valence electrons. The van der Waals surface area contributed by atoms with E-state index in [1.807, 2.05) is 0 Å². The van der Waals surface area contributed by atoms with E-state index in [4.69, 9.17) is 0 Å². The Bertz CT molecular complexity index is 716. The molecule has 1 aromatic carbocycles. The van der Waals surface area contributed by atoms with Gasteiger partial charge in [-0.25, -0.2) is 5.10 Å². The molecule has 0 fully saturated rings. The van der Waals surface area contributed by atoms with Crippen LogP contribution in [-0.2, 0) is 19.3 Å². The van der Waals surface area contributed by atoms with E-state index in [9.17, 15) is 9.59 Å². The Kier molecular flexibility index (Phi) is 4.32. The van der Waals surface area contributed by atoms with Crippen molar-refractivity contribution in [3.8, 4) is 0 Å². The molecule has 0 unspecified atom stereocenters. The van der Waals surface area contributed by atoms with Crippen molar-refractivity contribution in [1.29, 1.82) is 0 Å². The van der Waals surface area contributed by atoms with Crippen molar-refractivity contribution in [2.75, 3.05) is 6.54 Å². The number of nitrogens with one attached hydrogen (secondary N) is 2. The SMILES string of the molecule is O=C(NCCc1ccc2c(c1)CCCC2)c1ccc(=O)[nH]n1. The van der Waals surface area contributed by atoms with Crippen molar-refractivity contribution in [3.05, 3.63) is 63.1 Å². The maximum Gasteiger partial charge on any atom is 0.271 e. The minimum absolute atomic E-state index is 0.227. The second kappa shape index (κ2) is 6.56. The van der Waals surface area contributed by atoms with Gasteiger partial charge in [-0.15, -0.1) is 0 Å². The Labute approximate surface area is 128 Å². The van der Waals surface area contributed by atoms with Gasteiger partial charge in [0.05, 0.1) is 0 Å². The number of fused-ring (bicyclic) bond motifs is 1. The lowest BCUT2D eigenvalue weighted by atomic mass is 9.90. The minimum atomic E-state index is -0.314. The highest BCUT2D eigenvalue weighted by molar-refractivity contribution is 5.91. The molecule has 3 rings (SSSR count). The molecular formula is C17H19N3O2. The summed E-state index contributed by atoms with van der Waals surface area (Å²) in [6, 6.07) is 9.35. The van der Waals surface area contributed by atoms with Gasteiger partial charge in [-0.1, -0.05) is 18.2 Å². The van der Waals surface area contributed by atoms with Crippen LogP contribution in [0, 0.1) is 0 Å². The fraction of sp³-hybridized carbons (Fsp3) is 0.353. The number of nitrogens with zero attached hydrogens (tertiary/aromatic N) is 1. The highest BCUT2D eigenvalue weighted by atomic mass is 16.2. The van der Waals surface area contributed by atoms with Crippen molar-refractivity contribution in [2.24, 2.45) is 0 Å². The Morgan fingerprint density at radius 2 is 1.95 bits per heavy atom. The maximum absolute atomic E-state index is 11.9. The minimum Gasteiger partial charge on any atom is -0.350 e. The largest absolute Gasteiger partial charge is 0.350 e. The predicted octanol–water partition coefficient (Wildman–Crippen LogP) is 1.62. The van der Waals surface area contributed by atoms with Crippen LogP contribution < -0.4 is 10.9 Å². The van der Waals surface area contributed by atoms with Gasteiger partial charge < -0.3 is 5.32 Å². The first-order valence-electron chi connectivity index (χ1n) is 7.67. The zero-order valence-electron chi connectivity index (χ0n) is 12.4. The second-order valence-corrected chi connectivity index (χ2v) is 5.62. The number of rotatable bonds is 4. The van der Waals surface area contributed by atoms with Crippen LogP contribution in [0.3, 0.4) is 0 Å². The summed E-state index contributed by atoms with van der Waals surface area (Å²) >= 11 is 0. The number of hydrogen-bond acceptors (Lipinski definition) is 3. The van der Waals surface area contributed by atoms with Crippen molar-refractivity contribution < 1.29 is 4.79 Å². The number of amides is 1. The lowest BCUT2D eigenvalue weighted by Crippen LogP contribution is -2.27. The van der Waals surface area contributed by atoms with Crippen molar-refractivity contribution in [2.45, 2.75) is 32.1 Å². The van der Waals surface area contributed by atoms with E-state index in [1.54, 1.807) is 0 Å². The second-order valence-electron chi connectivity index (χ2n) is 5.62. The molecule has 2 N–H and O–H groups in total. The van der Waals surface area contributed by atoms with E-state index in [1.165, 1.54) is 48.1 Å². The van der Waals surface area contributed by atoms with Gasteiger partial charge in [0.2, 0.25) is 0 Å². The molecule has 0 radical (unpaired) electrons. The topological polar surface area (TPSA) is 74.8 Å². The number of hydrogen-bond donors (Lipinski definition) is 2. The monoisotopic (exact) mass is 297 g/mol. The summed E-state index contributed by atoms with van der Waals surface area (Å²) < 4.78 is 0. The first kappa shape index (κ1) is 14.5. The number of carbonyl (C=O) groups excluding carboxylic acids is 1. The number of aromatic nitrogens is 2. The molecule has 0 aliphatic heterocycles. The Morgan fingerprint density at radius 1 is 1.14 bits per heavy atom. The van der Waals surface area contributed by atoms with Gasteiger partial charge in [-0.3, -0.25) is 9.59 Å². The quantitative estimate of drug-likeness (QED) is 0.900. The van der Waals surface area contributed by atoms with Gasteiger partial charge in [0, 0.05) is 12.6 Å². The van der Waals surface area contributed by atoms with Crippen LogP contribution in [-0.4, -0.2) is 22.6 Å². The van der Waals surface area contributed by atoms with Crippen LogP contribution in [0.15, 0.2) is 35.1 Å². The molecule has 1 aliphatic carbocycles. The Morgan fingerprint density at radius 3 is 2.73 bits per heavy atom. The Balaban J connectivity index is 1.55. The zero-order valence-corrected chi connectivity index (χ0v) is 12.4. The Hall–Kier alpha value is -2.43. The van der Waals surface area contributed by atoms with Crippen LogP contribution in [0.4, 0.5) is 0 Å². The number of aryl methyl sites for hydroxylation is 2. The lowest BCUT2D eigenvalue weighted by molar-refractivity contribution is 0.0948. The molecule has 1 amide bonds. The molecule has 1 aromatic heterocycles. The van der Waals surface area contributed by atoms with Crippen molar-refractivity contribution >= 4 is 5.91 Å². The standard InChI is InChI=1S/C17H19N3O2/c21-16-8-7-15(19-20-16)17(22)18-10-9-12-5-6-13-3-1-2-4-14(13)11-12/h5-8,11H,1-4,9-10H2,(H,18,22)(H,20,21). The number of benzene rings is 1. The van der Waals surface area contributed by atoms with E-state index < -0.39 is 0 Å². The van der Waals surface area contributed by atoms with E-state index in [-0.39, 0.29) is 17.2 Å². The van der Waals surface area contributed by atoms with Gasteiger partial charge in [0.15, 0.2) is 0 Å². The molecule has 0 spiro atoms. The summed E-state index contributed by atoms with van der Waals surface area (Å²) in [4.78, 5) is 22.8. The summed E-state index contributed by atoms with van der Waals surface area (Å²) in [5.74, 6) is -0.269. The summed E-state index contributed by atoms with van der Waals surface area (Å²) in [6.07, 6.45) is 5.70. The third kappa shape index (κ3) is 3.42. The molecule has 0 atom stereocenters. The molecule has 0 bridgehead atoms. The summed E-state index contributed by atoms with van der Waals surface area (Å²) in [5, 5.41) is 8.79. The molecule has 2 aromatic rings. The first-order valence-corrected chi connectivity index (χ1v) is 7.67. The lowest BCUT2D eigenvalue weighted by Gasteiger charge is -2.16. The molecule has 1 heterocycles. The predicted molar refractivity (Wildman–Crippen MR) is 84.0 cm³/mol. The zero-order chi connectivity index (χ0) is 15.4. The number of carbonyl (C=O) groups is 1. The highest BCUT2D eigenvalue weighted by Gasteiger charge is 2.10. The molecule has 22 heavy (non-hydrogen) atoms. The van der Waals surface area contributed by atoms with Crippen LogP contribution in [0.2, 0.25) is 0 Å². The van der Waals surface area contributed by atoms with E-state index in [0.29, 0.717) is 6.54 Å². The molecule has 5 heteroatoms. The van der Waals surface area contributed by atoms with Gasteiger partial charge in [0.1, 0.15) is 5.69 Å². The average Bonchev–Trinajstić information content (AvgIpc) is 2.55. The third-order valence-corrected chi connectivity index (χ3v) is 4.02. The van der Waals surface area contributed by atoms with E-state index >= 15 is 0 Å². The van der Waals surface area contributed by atoms with E-state index in [0.717, 1.165) is 12.8 Å². The number of H-pyrrole nitrogens is 1. The van der Waals surface area contributed by atoms with E-state index in [2.05, 4.69) is 33.7 Å². The fourth-order valence-electron chi connectivity index (χ4n) is 2.82. The first-order chi connectivity index (χ1) is 10.7. The summed E-state index contributed by atoms with van der Waals surface area (Å²) in [5.41, 5.74) is 4.08. The number of aromatic amines is 1. The van der Waals surface area contributed by atoms with Crippen LogP contribution in [0.5, 0.6) is 0 Å². The fourth-order valence-corrected chi connectivity index (χ4v) is 2.82. The third-order valence-electron chi connectivity index (χ3n) is 4.02. The van der Waals surface area contributed by atoms with Gasteiger partial charge >= 0.3 is 0 Å².